The van der Waals surface area contributed by atoms with Gasteiger partial charge in [-0.05, 0) is 50.4 Å². The predicted molar refractivity (Wildman–Crippen MR) is 142 cm³/mol. The molecule has 0 spiro atoms. The molecule has 1 saturated heterocycles. The summed E-state index contributed by atoms with van der Waals surface area (Å²) in [6, 6.07) is 7.80. The van der Waals surface area contributed by atoms with Crippen LogP contribution in [0.4, 0.5) is 14.5 Å². The highest BCUT2D eigenvalue weighted by Crippen LogP contribution is 2.35. The van der Waals surface area contributed by atoms with Crippen molar-refractivity contribution < 1.29 is 18.6 Å². The van der Waals surface area contributed by atoms with Crippen LogP contribution in [0.5, 0.6) is 0 Å². The molecule has 4 rings (SSSR count). The quantitative estimate of drug-likeness (QED) is 0.322. The van der Waals surface area contributed by atoms with E-state index in [2.05, 4.69) is 19.9 Å². The molecular weight excluding hydrogens is 482 g/mol. The number of thioether (sulfide) groups is 1. The van der Waals surface area contributed by atoms with Crippen molar-refractivity contribution in [2.45, 2.75) is 26.9 Å². The van der Waals surface area contributed by atoms with Gasteiger partial charge in [0.1, 0.15) is 24.1 Å². The summed E-state index contributed by atoms with van der Waals surface area (Å²) in [7, 11) is 0. The minimum absolute atomic E-state index is 0.0798. The lowest BCUT2D eigenvalue weighted by Gasteiger charge is -2.29. The average Bonchev–Trinajstić information content (AvgIpc) is 2.90. The number of aliphatic hydroxyl groups excluding tert-OH is 1. The van der Waals surface area contributed by atoms with E-state index in [0.717, 1.165) is 24.8 Å². The third kappa shape index (κ3) is 5.64. The third-order valence-corrected chi connectivity index (χ3v) is 6.71. The molecule has 1 unspecified atom stereocenters. The summed E-state index contributed by atoms with van der Waals surface area (Å²) in [6.45, 7) is 8.27. The lowest BCUT2D eigenvalue weighted by molar-refractivity contribution is 0.122. The maximum Gasteiger partial charge on any atom is 0.135 e. The topological polar surface area (TPSA) is 70.8 Å². The van der Waals surface area contributed by atoms with Crippen molar-refractivity contribution in [2.24, 2.45) is 4.99 Å². The Balaban J connectivity index is 1.74. The normalized spacial score (nSPS) is 16.2. The second kappa shape index (κ2) is 11.7. The van der Waals surface area contributed by atoms with Crippen LogP contribution in [0, 0.1) is 11.6 Å². The minimum atomic E-state index is -1.38. The van der Waals surface area contributed by atoms with Crippen LogP contribution in [0.15, 0.2) is 64.9 Å². The Morgan fingerprint density at radius 1 is 1.14 bits per heavy atom. The number of ether oxygens (including phenoxy) is 1. The first-order valence-electron chi connectivity index (χ1n) is 11.7. The number of aromatic nitrogens is 2. The summed E-state index contributed by atoms with van der Waals surface area (Å²) in [5.74, 6) is -1.63. The second-order valence-corrected chi connectivity index (χ2v) is 9.31. The Kier molecular flexibility index (Phi) is 8.45. The van der Waals surface area contributed by atoms with E-state index in [0.29, 0.717) is 34.9 Å². The number of rotatable bonds is 6. The van der Waals surface area contributed by atoms with E-state index < -0.39 is 17.7 Å². The molecule has 0 bridgehead atoms. The van der Waals surface area contributed by atoms with E-state index in [4.69, 9.17) is 4.74 Å². The van der Waals surface area contributed by atoms with Gasteiger partial charge in [-0.15, -0.1) is 0 Å². The number of allylic oxidation sites excluding steroid dienone is 2. The molecular formula is C27H28F2N4O2S. The lowest BCUT2D eigenvalue weighted by Crippen LogP contribution is -2.36. The molecule has 0 amide bonds. The second-order valence-electron chi connectivity index (χ2n) is 8.21. The molecule has 1 N–H and O–H groups in total. The first-order chi connectivity index (χ1) is 17.4. The van der Waals surface area contributed by atoms with Crippen molar-refractivity contribution in [3.8, 4) is 11.3 Å². The van der Waals surface area contributed by atoms with Gasteiger partial charge < -0.3 is 14.7 Å². The fourth-order valence-electron chi connectivity index (χ4n) is 4.05. The highest BCUT2D eigenvalue weighted by Gasteiger charge is 2.22. The van der Waals surface area contributed by atoms with E-state index in [1.807, 2.05) is 36.6 Å². The lowest BCUT2D eigenvalue weighted by atomic mass is 9.98. The number of hydrogen-bond donors (Lipinski definition) is 1. The monoisotopic (exact) mass is 510 g/mol. The number of halogens is 2. The minimum Gasteiger partial charge on any atom is -0.382 e. The summed E-state index contributed by atoms with van der Waals surface area (Å²) in [5.41, 5.74) is 2.23. The van der Waals surface area contributed by atoms with E-state index in [1.165, 1.54) is 24.2 Å². The largest absolute Gasteiger partial charge is 0.382 e. The number of hydrogen-bond acceptors (Lipinski definition) is 7. The van der Waals surface area contributed by atoms with Gasteiger partial charge in [0.25, 0.3) is 0 Å². The highest BCUT2D eigenvalue weighted by atomic mass is 32.2. The van der Waals surface area contributed by atoms with Crippen molar-refractivity contribution in [2.75, 3.05) is 31.2 Å². The summed E-state index contributed by atoms with van der Waals surface area (Å²) in [5, 5.41) is 14.1. The number of benzene rings is 2. The van der Waals surface area contributed by atoms with Crippen LogP contribution in [0.25, 0.3) is 22.2 Å². The number of aliphatic imine (C=N–C) groups is 1. The summed E-state index contributed by atoms with van der Waals surface area (Å²) in [4.78, 5) is 15.3. The molecule has 1 aliphatic rings. The first-order valence-corrected chi connectivity index (χ1v) is 12.5. The third-order valence-electron chi connectivity index (χ3n) is 5.87. The summed E-state index contributed by atoms with van der Waals surface area (Å²) < 4.78 is 35.3. The summed E-state index contributed by atoms with van der Waals surface area (Å²) >= 11 is 1.39. The van der Waals surface area contributed by atoms with Gasteiger partial charge in [0.15, 0.2) is 0 Å². The van der Waals surface area contributed by atoms with Gasteiger partial charge in [-0.1, -0.05) is 23.9 Å². The fraction of sp³-hybridized carbons (Fsp3) is 0.296. The maximum atomic E-state index is 15.1. The molecule has 1 atom stereocenters. The van der Waals surface area contributed by atoms with E-state index in [1.54, 1.807) is 19.9 Å². The Labute approximate surface area is 213 Å². The van der Waals surface area contributed by atoms with Crippen LogP contribution in [0.1, 0.15) is 32.4 Å². The van der Waals surface area contributed by atoms with Gasteiger partial charge in [0, 0.05) is 41.4 Å². The molecule has 1 fully saturated rings. The first kappa shape index (κ1) is 25.9. The Hall–Kier alpha value is -3.14. The van der Waals surface area contributed by atoms with Crippen LogP contribution in [-0.4, -0.2) is 46.4 Å². The molecule has 1 aliphatic heterocycles. The number of fused-ring (bicyclic) bond motifs is 1. The van der Waals surface area contributed by atoms with Gasteiger partial charge in [-0.25, -0.2) is 23.7 Å². The van der Waals surface area contributed by atoms with Crippen molar-refractivity contribution in [1.82, 2.24) is 9.97 Å². The Bertz CT molecular complexity index is 1340. The van der Waals surface area contributed by atoms with E-state index in [-0.39, 0.29) is 16.8 Å². The maximum absolute atomic E-state index is 15.1. The zero-order chi connectivity index (χ0) is 25.7. The number of aliphatic hydroxyl groups is 1. The van der Waals surface area contributed by atoms with Gasteiger partial charge >= 0.3 is 0 Å². The number of morpholine rings is 1. The molecule has 9 heteroatoms. The zero-order valence-electron chi connectivity index (χ0n) is 20.4. The van der Waals surface area contributed by atoms with E-state index >= 15 is 4.39 Å². The molecule has 36 heavy (non-hydrogen) atoms. The van der Waals surface area contributed by atoms with Gasteiger partial charge in [-0.3, -0.25) is 0 Å². The van der Waals surface area contributed by atoms with Crippen molar-refractivity contribution in [1.29, 1.82) is 0 Å². The molecule has 0 aliphatic carbocycles. The van der Waals surface area contributed by atoms with Crippen molar-refractivity contribution in [3.63, 3.8) is 0 Å². The van der Waals surface area contributed by atoms with Crippen molar-refractivity contribution in [3.05, 3.63) is 77.1 Å². The molecule has 2 heterocycles. The highest BCUT2D eigenvalue weighted by molar-refractivity contribution is 8.16. The molecule has 1 aromatic heterocycles. The van der Waals surface area contributed by atoms with Gasteiger partial charge in [0.2, 0.25) is 0 Å². The SMILES string of the molecule is C/C=C\S/C(C)=N/C(=C\C)C(O)c1cc(-c2ncnc3cc(N4CCOCC4)ccc23)c(F)cc1F. The summed E-state index contributed by atoms with van der Waals surface area (Å²) in [6.07, 6.45) is 3.47. The Morgan fingerprint density at radius 3 is 2.64 bits per heavy atom. The average molecular weight is 511 g/mol. The molecule has 188 valence electrons. The number of anilines is 1. The molecule has 2 aromatic carbocycles. The van der Waals surface area contributed by atoms with Crippen molar-refractivity contribution >= 4 is 33.4 Å². The number of nitrogens with zero attached hydrogens (tertiary/aromatic N) is 4. The van der Waals surface area contributed by atoms with Crippen LogP contribution < -0.4 is 4.90 Å². The molecule has 3 aromatic rings. The molecule has 0 radical (unpaired) electrons. The smallest absolute Gasteiger partial charge is 0.135 e. The zero-order valence-corrected chi connectivity index (χ0v) is 21.2. The molecule has 0 saturated carbocycles. The van der Waals surface area contributed by atoms with Crippen LogP contribution in [0.2, 0.25) is 0 Å². The van der Waals surface area contributed by atoms with Crippen LogP contribution in [0.3, 0.4) is 0 Å². The van der Waals surface area contributed by atoms with Gasteiger partial charge in [-0.2, -0.15) is 0 Å². The molecule has 6 nitrogen and oxygen atoms in total. The standard InChI is InChI=1S/C27H28F2N4O2S/c1-4-12-36-17(3)32-24(5-2)27(34)21-14-20(22(28)15-23(21)29)26-19-7-6-18(13-25(19)30-16-31-26)33-8-10-35-11-9-33/h4-7,12-16,27,34H,8-11H2,1-3H3/b12-4-,24-5-,32-17+. The Morgan fingerprint density at radius 2 is 1.92 bits per heavy atom. The predicted octanol–water partition coefficient (Wildman–Crippen LogP) is 6.03. The fourth-order valence-corrected chi connectivity index (χ4v) is 4.54. The van der Waals surface area contributed by atoms with E-state index in [9.17, 15) is 9.50 Å². The van der Waals surface area contributed by atoms with Gasteiger partial charge in [0.05, 0.1) is 35.2 Å². The van der Waals surface area contributed by atoms with Crippen LogP contribution >= 0.6 is 11.8 Å². The van der Waals surface area contributed by atoms with Crippen LogP contribution in [-0.2, 0) is 4.74 Å².